The van der Waals surface area contributed by atoms with Gasteiger partial charge in [-0.05, 0) is 55.9 Å². The van der Waals surface area contributed by atoms with Crippen LogP contribution in [0.15, 0.2) is 47.5 Å². The Bertz CT molecular complexity index is 1150. The number of halogens is 1. The quantitative estimate of drug-likeness (QED) is 0.596. The zero-order valence-corrected chi connectivity index (χ0v) is 17.9. The van der Waals surface area contributed by atoms with E-state index in [0.717, 1.165) is 24.8 Å². The number of amides is 1. The van der Waals surface area contributed by atoms with Gasteiger partial charge in [0.1, 0.15) is 0 Å². The van der Waals surface area contributed by atoms with Gasteiger partial charge in [0.05, 0.1) is 22.7 Å². The Morgan fingerprint density at radius 2 is 2.10 bits per heavy atom. The number of hydrogen-bond acceptors (Lipinski definition) is 4. The van der Waals surface area contributed by atoms with E-state index in [1.165, 1.54) is 4.68 Å². The second-order valence-electron chi connectivity index (χ2n) is 7.77. The molecule has 3 aromatic rings. The number of nitrogens with zero attached hydrogens (tertiary/aromatic N) is 2. The lowest BCUT2D eigenvalue weighted by atomic mass is 10.0. The van der Waals surface area contributed by atoms with E-state index < -0.39 is 0 Å². The fourth-order valence-corrected chi connectivity index (χ4v) is 4.08. The van der Waals surface area contributed by atoms with Crippen LogP contribution in [0, 0.1) is 12.8 Å². The van der Waals surface area contributed by atoms with E-state index in [2.05, 4.69) is 15.7 Å². The van der Waals surface area contributed by atoms with Gasteiger partial charge in [-0.3, -0.25) is 14.6 Å². The van der Waals surface area contributed by atoms with E-state index in [0.29, 0.717) is 39.5 Å². The summed E-state index contributed by atoms with van der Waals surface area (Å²) in [6.07, 6.45) is 6.16. The fraction of sp³-hybridized carbons (Fsp3) is 0.348. The summed E-state index contributed by atoms with van der Waals surface area (Å²) in [4.78, 5) is 30.6. The number of carbonyl (C=O) groups excluding carboxylic acids is 1. The van der Waals surface area contributed by atoms with Crippen molar-refractivity contribution in [3.05, 3.63) is 74.9 Å². The summed E-state index contributed by atoms with van der Waals surface area (Å²) in [6.45, 7) is 4.44. The van der Waals surface area contributed by atoms with Crippen molar-refractivity contribution < 1.29 is 4.79 Å². The first kappa shape index (κ1) is 20.4. The van der Waals surface area contributed by atoms with Crippen LogP contribution in [0.3, 0.4) is 0 Å². The van der Waals surface area contributed by atoms with Crippen LogP contribution in [-0.2, 0) is 0 Å². The molecule has 0 radical (unpaired) electrons. The minimum Gasteiger partial charge on any atom is -0.345 e. The summed E-state index contributed by atoms with van der Waals surface area (Å²) >= 11 is 6.19. The largest absolute Gasteiger partial charge is 0.345 e. The molecule has 7 heteroatoms. The molecule has 2 heterocycles. The number of fused-ring (bicyclic) bond motifs is 1. The molecule has 1 fully saturated rings. The van der Waals surface area contributed by atoms with E-state index in [9.17, 15) is 9.59 Å². The van der Waals surface area contributed by atoms with Gasteiger partial charge in [0.2, 0.25) is 0 Å². The topological polar surface area (TPSA) is 76.0 Å². The number of pyridine rings is 2. The maximum atomic E-state index is 13.5. The first-order valence-electron chi connectivity index (χ1n) is 10.3. The van der Waals surface area contributed by atoms with Crippen molar-refractivity contribution in [2.75, 3.05) is 12.0 Å². The maximum Gasteiger partial charge on any atom is 0.277 e. The van der Waals surface area contributed by atoms with Gasteiger partial charge in [-0.15, -0.1) is 0 Å². The Kier molecular flexibility index (Phi) is 5.77. The lowest BCUT2D eigenvalue weighted by Crippen LogP contribution is -2.36. The number of benzene rings is 1. The highest BCUT2D eigenvalue weighted by molar-refractivity contribution is 6.30. The van der Waals surface area contributed by atoms with E-state index in [1.54, 1.807) is 25.4 Å². The number of rotatable bonds is 7. The number of carbonyl (C=O) groups is 1. The number of nitrogens with one attached hydrogen (secondary N) is 2. The van der Waals surface area contributed by atoms with Crippen LogP contribution in [0.4, 0.5) is 0 Å². The van der Waals surface area contributed by atoms with Crippen molar-refractivity contribution in [3.63, 3.8) is 0 Å². The summed E-state index contributed by atoms with van der Waals surface area (Å²) in [7, 11) is 0. The molecule has 1 atom stereocenters. The minimum atomic E-state index is -0.213. The summed E-state index contributed by atoms with van der Waals surface area (Å²) in [5.41, 5.74) is 4.99. The van der Waals surface area contributed by atoms with Crippen LogP contribution in [0.25, 0.3) is 10.8 Å². The van der Waals surface area contributed by atoms with Crippen LogP contribution in [0.1, 0.15) is 53.8 Å². The Hall–Kier alpha value is -2.86. The molecule has 30 heavy (non-hydrogen) atoms. The molecule has 2 N–H and O–H groups in total. The first-order valence-corrected chi connectivity index (χ1v) is 10.7. The monoisotopic (exact) mass is 424 g/mol. The van der Waals surface area contributed by atoms with Gasteiger partial charge in [-0.1, -0.05) is 30.7 Å². The molecular formula is C23H25ClN4O2. The van der Waals surface area contributed by atoms with Gasteiger partial charge in [-0.2, -0.15) is 0 Å². The third-order valence-corrected chi connectivity index (χ3v) is 5.79. The summed E-state index contributed by atoms with van der Waals surface area (Å²) in [5.74, 6) is 0.177. The minimum absolute atomic E-state index is 0.119. The molecule has 0 saturated heterocycles. The van der Waals surface area contributed by atoms with Gasteiger partial charge >= 0.3 is 0 Å². The molecular weight excluding hydrogens is 400 g/mol. The van der Waals surface area contributed by atoms with Crippen LogP contribution < -0.4 is 16.3 Å². The van der Waals surface area contributed by atoms with Crippen LogP contribution in [0.2, 0.25) is 5.02 Å². The zero-order valence-electron chi connectivity index (χ0n) is 17.1. The van der Waals surface area contributed by atoms with Crippen molar-refractivity contribution in [2.24, 2.45) is 5.92 Å². The third kappa shape index (κ3) is 3.92. The lowest BCUT2D eigenvalue weighted by molar-refractivity contribution is 0.0932. The zero-order chi connectivity index (χ0) is 21.3. The van der Waals surface area contributed by atoms with Gasteiger partial charge in [0.25, 0.3) is 11.5 Å². The molecule has 1 aliphatic carbocycles. The van der Waals surface area contributed by atoms with Crippen molar-refractivity contribution in [1.29, 1.82) is 0 Å². The number of aromatic nitrogens is 2. The normalized spacial score (nSPS) is 14.5. The van der Waals surface area contributed by atoms with E-state index in [4.69, 9.17) is 11.6 Å². The summed E-state index contributed by atoms with van der Waals surface area (Å²) < 4.78 is 1.48. The standard InChI is InChI=1S/C23H25ClN4O2/c1-3-10-26-28-14(2)20(19-13-25-11-9-18(19)23(28)30)22(29)27-21(15-7-8-15)16-5-4-6-17(24)12-16/h4-6,9,11-13,15,21,26H,3,7-8,10H2,1-2H3,(H,27,29)/t21-/m0/s1. The molecule has 6 nitrogen and oxygen atoms in total. The van der Waals surface area contributed by atoms with E-state index >= 15 is 0 Å². The van der Waals surface area contributed by atoms with E-state index in [1.807, 2.05) is 31.2 Å². The van der Waals surface area contributed by atoms with Crippen molar-refractivity contribution >= 4 is 28.3 Å². The van der Waals surface area contributed by atoms with Crippen molar-refractivity contribution in [2.45, 2.75) is 39.2 Å². The van der Waals surface area contributed by atoms with Crippen molar-refractivity contribution in [1.82, 2.24) is 15.0 Å². The second-order valence-corrected chi connectivity index (χ2v) is 8.21. The SMILES string of the molecule is CCCNn1c(C)c(C(=O)N[C@H](c2cccc(Cl)c2)C2CC2)c2cnccc2c1=O. The lowest BCUT2D eigenvalue weighted by Gasteiger charge is -2.22. The fourth-order valence-electron chi connectivity index (χ4n) is 3.88. The van der Waals surface area contributed by atoms with Gasteiger partial charge < -0.3 is 10.7 Å². The van der Waals surface area contributed by atoms with Gasteiger partial charge in [0, 0.05) is 29.3 Å². The molecule has 2 aromatic heterocycles. The smallest absolute Gasteiger partial charge is 0.277 e. The summed E-state index contributed by atoms with van der Waals surface area (Å²) in [5, 5.41) is 4.89. The molecule has 0 bridgehead atoms. The predicted molar refractivity (Wildman–Crippen MR) is 120 cm³/mol. The molecule has 1 amide bonds. The Labute approximate surface area is 180 Å². The Morgan fingerprint density at radius 3 is 2.80 bits per heavy atom. The van der Waals surface area contributed by atoms with E-state index in [-0.39, 0.29) is 17.5 Å². The Balaban J connectivity index is 1.78. The average molecular weight is 425 g/mol. The van der Waals surface area contributed by atoms with Crippen LogP contribution in [0.5, 0.6) is 0 Å². The van der Waals surface area contributed by atoms with Gasteiger partial charge in [-0.25, -0.2) is 4.68 Å². The molecule has 156 valence electrons. The number of hydrogen-bond donors (Lipinski definition) is 2. The van der Waals surface area contributed by atoms with Crippen LogP contribution >= 0.6 is 11.6 Å². The highest BCUT2D eigenvalue weighted by Gasteiger charge is 2.34. The molecule has 0 unspecified atom stereocenters. The van der Waals surface area contributed by atoms with Gasteiger partial charge in [0.15, 0.2) is 0 Å². The first-order chi connectivity index (χ1) is 14.5. The highest BCUT2D eigenvalue weighted by atomic mass is 35.5. The third-order valence-electron chi connectivity index (χ3n) is 5.56. The Morgan fingerprint density at radius 1 is 1.30 bits per heavy atom. The van der Waals surface area contributed by atoms with Crippen molar-refractivity contribution in [3.8, 4) is 0 Å². The maximum absolute atomic E-state index is 13.5. The summed E-state index contributed by atoms with van der Waals surface area (Å²) in [6, 6.07) is 9.17. The molecule has 0 spiro atoms. The highest BCUT2D eigenvalue weighted by Crippen LogP contribution is 2.41. The molecule has 1 saturated carbocycles. The molecule has 0 aliphatic heterocycles. The van der Waals surface area contributed by atoms with Crippen LogP contribution in [-0.4, -0.2) is 22.1 Å². The molecule has 1 aliphatic rings. The predicted octanol–water partition coefficient (Wildman–Crippen LogP) is 4.19. The molecule has 4 rings (SSSR count). The second kappa shape index (κ2) is 8.48. The average Bonchev–Trinajstić information content (AvgIpc) is 3.57. The molecule has 1 aromatic carbocycles.